The summed E-state index contributed by atoms with van der Waals surface area (Å²) in [4.78, 5) is 7.77. The predicted molar refractivity (Wildman–Crippen MR) is 79.4 cm³/mol. The van der Waals surface area contributed by atoms with Gasteiger partial charge in [-0.1, -0.05) is 29.6 Å². The molecule has 9 heteroatoms. The minimum atomic E-state index is -0.305. The average molecular weight is 415 g/mol. The van der Waals surface area contributed by atoms with Gasteiger partial charge in [-0.3, -0.25) is 0 Å². The molecule has 0 fully saturated rings. The maximum absolute atomic E-state index is 10.8. The van der Waals surface area contributed by atoms with Crippen molar-refractivity contribution in [3.63, 3.8) is 0 Å². The Morgan fingerprint density at radius 1 is 1.30 bits per heavy atom. The topological polar surface area (TPSA) is 90.4 Å². The van der Waals surface area contributed by atoms with Gasteiger partial charge in [-0.2, -0.15) is 0 Å². The molecule has 0 aliphatic heterocycles. The molecule has 0 bridgehead atoms. The summed E-state index contributed by atoms with van der Waals surface area (Å²) >= 11 is 15.3. The van der Waals surface area contributed by atoms with Crippen LogP contribution < -0.4 is 5.11 Å². The summed E-state index contributed by atoms with van der Waals surface area (Å²) in [5.41, 5.74) is 0.687. The fraction of sp³-hybridized carbons (Fsp3) is 0.273. The second-order valence-corrected chi connectivity index (χ2v) is 4.26. The summed E-state index contributed by atoms with van der Waals surface area (Å²) in [5.74, 6) is -0.305. The van der Waals surface area contributed by atoms with Gasteiger partial charge in [0.05, 0.1) is 0 Å². The molecule has 0 N–H and O–H groups in total. The van der Waals surface area contributed by atoms with Crippen LogP contribution in [0.5, 0.6) is 0 Å². The van der Waals surface area contributed by atoms with E-state index in [-0.39, 0.29) is 48.9 Å². The number of halogens is 1. The summed E-state index contributed by atoms with van der Waals surface area (Å²) in [6.07, 6.45) is 0. The summed E-state index contributed by atoms with van der Waals surface area (Å²) in [6.45, 7) is 0.614. The van der Waals surface area contributed by atoms with Gasteiger partial charge in [-0.15, -0.1) is 5.75 Å². The van der Waals surface area contributed by atoms with Crippen LogP contribution in [0.15, 0.2) is 34.3 Å². The Hall–Kier alpha value is -0.371. The van der Waals surface area contributed by atoms with Crippen LogP contribution in [-0.2, 0) is 50.8 Å². The largest absolute Gasteiger partial charge is 6.00 e. The van der Waals surface area contributed by atoms with E-state index in [1.165, 1.54) is 0 Å². The number of hydrogen-bond donors (Lipinski definition) is 0. The maximum Gasteiger partial charge on any atom is 6.00 e. The standard InChI is InChI=1S/C11H13ClN3OS2.O.Tc/c12-8-1-3-9(4-2-8)15-11(18)14-6-5-13-10(16)7-17;;/h1-4H,5-7H2,(H3-,13,14,15,16,17,18);;/q-1;-2;+6/p-3/i;;1+1. The van der Waals surface area contributed by atoms with Crippen molar-refractivity contribution in [1.29, 1.82) is 0 Å². The molecule has 0 spiro atoms. The molecule has 0 unspecified atom stereocenters. The van der Waals surface area contributed by atoms with Crippen LogP contribution in [0, 0.1) is 0 Å². The molecule has 5 nitrogen and oxygen atoms in total. The quantitative estimate of drug-likeness (QED) is 0.316. The summed E-state index contributed by atoms with van der Waals surface area (Å²) in [5, 5.41) is 15.7. The Balaban J connectivity index is 0. The van der Waals surface area contributed by atoms with Gasteiger partial charge in [-0.25, -0.2) is 5.17 Å². The van der Waals surface area contributed by atoms with Crippen molar-refractivity contribution in [2.45, 2.75) is 0 Å². The Morgan fingerprint density at radius 2 is 1.90 bits per heavy atom. The Labute approximate surface area is 147 Å². The van der Waals surface area contributed by atoms with E-state index in [0.29, 0.717) is 17.3 Å². The van der Waals surface area contributed by atoms with Crippen molar-refractivity contribution in [2.24, 2.45) is 9.98 Å². The first kappa shape index (κ1) is 21.9. The van der Waals surface area contributed by atoms with Crippen molar-refractivity contribution >= 4 is 53.6 Å². The fourth-order valence-electron chi connectivity index (χ4n) is 1.03. The number of rotatable bonds is 5. The first-order chi connectivity index (χ1) is 8.61. The zero-order chi connectivity index (χ0) is 13.4. The number of nitrogens with zero attached hydrogens (tertiary/aromatic N) is 3. The number of aliphatic imine (C=N–C) groups is 2. The Kier molecular flexibility index (Phi) is 13.6. The Morgan fingerprint density at radius 3 is 2.45 bits per heavy atom. The number of hydrogen-bond acceptors (Lipinski definition) is 5. The molecule has 0 saturated heterocycles. The van der Waals surface area contributed by atoms with Crippen LogP contribution in [0.25, 0.3) is 5.32 Å². The third-order valence-corrected chi connectivity index (χ3v) is 2.53. The van der Waals surface area contributed by atoms with Gasteiger partial charge in [-0.05, 0) is 24.4 Å². The molecule has 0 amide bonds. The number of amidine groups is 1. The molecule has 1 rings (SSSR count). The molecule has 0 heterocycles. The van der Waals surface area contributed by atoms with E-state index in [2.05, 4.69) is 27.9 Å². The van der Waals surface area contributed by atoms with Crippen LogP contribution in [0.3, 0.4) is 0 Å². The van der Waals surface area contributed by atoms with E-state index in [1.807, 2.05) is 0 Å². The van der Waals surface area contributed by atoms with Gasteiger partial charge in [0.2, 0.25) is 0 Å². The normalized spacial score (nSPS) is 11.3. The van der Waals surface area contributed by atoms with Gasteiger partial charge in [0, 0.05) is 11.6 Å². The SMILES string of the molecule is [99Tc+6].[O-2].[O-]C(C[S-])=NCC[N-]C([S-])=Nc1ccc(Cl)cc1. The summed E-state index contributed by atoms with van der Waals surface area (Å²) in [6, 6.07) is 6.94. The summed E-state index contributed by atoms with van der Waals surface area (Å²) < 4.78 is 0. The van der Waals surface area contributed by atoms with E-state index < -0.39 is 0 Å². The smallest absolute Gasteiger partial charge is 2.00 e. The molecule has 1 aromatic rings. The molecular formula is C11H10ClN3O2S2Tc. The van der Waals surface area contributed by atoms with Crippen LogP contribution in [-0.4, -0.2) is 29.9 Å². The van der Waals surface area contributed by atoms with Gasteiger partial charge < -0.3 is 51.1 Å². The van der Waals surface area contributed by atoms with Crippen molar-refractivity contribution in [3.8, 4) is 0 Å². The molecule has 107 valence electrons. The first-order valence-corrected chi connectivity index (χ1v) is 6.45. The zero-order valence-corrected chi connectivity index (χ0v) is 14.4. The second-order valence-electron chi connectivity index (χ2n) is 3.17. The van der Waals surface area contributed by atoms with E-state index in [1.54, 1.807) is 24.3 Å². The minimum absolute atomic E-state index is 0. The van der Waals surface area contributed by atoms with E-state index >= 15 is 0 Å². The van der Waals surface area contributed by atoms with Crippen LogP contribution in [0.4, 0.5) is 5.69 Å². The molecule has 0 saturated carbocycles. The zero-order valence-electron chi connectivity index (χ0n) is 10.2. The van der Waals surface area contributed by atoms with Crippen LogP contribution >= 0.6 is 11.6 Å². The molecule has 0 aliphatic carbocycles. The van der Waals surface area contributed by atoms with Crippen LogP contribution in [0.1, 0.15) is 0 Å². The van der Waals surface area contributed by atoms with Gasteiger partial charge in [0.15, 0.2) is 0 Å². The molecule has 20 heavy (non-hydrogen) atoms. The fourth-order valence-corrected chi connectivity index (χ4v) is 1.44. The maximum atomic E-state index is 10.8. The van der Waals surface area contributed by atoms with Gasteiger partial charge >= 0.3 is 20.1 Å². The van der Waals surface area contributed by atoms with E-state index in [9.17, 15) is 5.11 Å². The van der Waals surface area contributed by atoms with Crippen molar-refractivity contribution in [3.05, 3.63) is 34.6 Å². The van der Waals surface area contributed by atoms with E-state index in [4.69, 9.17) is 24.2 Å². The molecule has 1 radical (unpaired) electrons. The second kappa shape index (κ2) is 12.4. The van der Waals surface area contributed by atoms with Crippen molar-refractivity contribution < 1.29 is 30.7 Å². The van der Waals surface area contributed by atoms with Crippen molar-refractivity contribution in [2.75, 3.05) is 18.8 Å². The van der Waals surface area contributed by atoms with Crippen LogP contribution in [0.2, 0.25) is 5.02 Å². The van der Waals surface area contributed by atoms with Crippen molar-refractivity contribution in [1.82, 2.24) is 0 Å². The van der Waals surface area contributed by atoms with Gasteiger partial charge in [0.25, 0.3) is 0 Å². The van der Waals surface area contributed by atoms with Gasteiger partial charge in [0.1, 0.15) is 0 Å². The third kappa shape index (κ3) is 9.52. The first-order valence-electron chi connectivity index (χ1n) is 5.09. The average Bonchev–Trinajstić information content (AvgIpc) is 2.37. The molecule has 0 aliphatic rings. The van der Waals surface area contributed by atoms with E-state index in [0.717, 1.165) is 0 Å². The molecule has 1 aromatic carbocycles. The number of benzene rings is 1. The molecule has 0 aromatic heterocycles. The predicted octanol–water partition coefficient (Wildman–Crippen LogP) is 1.43. The third-order valence-electron chi connectivity index (χ3n) is 1.81. The monoisotopic (exact) mass is 414 g/mol. The molecular weight excluding hydrogens is 405 g/mol. The minimum Gasteiger partial charge on any atom is -2.00 e. The summed E-state index contributed by atoms with van der Waals surface area (Å²) in [7, 11) is 0. The molecule has 0 atom stereocenters. The Bertz CT molecular complexity index is 444.